The van der Waals surface area contributed by atoms with Crippen LogP contribution >= 0.6 is 12.2 Å². The van der Waals surface area contributed by atoms with Crippen LogP contribution in [-0.2, 0) is 9.53 Å². The van der Waals surface area contributed by atoms with Crippen molar-refractivity contribution in [2.75, 3.05) is 20.2 Å². The number of amides is 1. The number of ether oxygens (including phenoxy) is 1. The van der Waals surface area contributed by atoms with Gasteiger partial charge in [-0.3, -0.25) is 4.79 Å². The van der Waals surface area contributed by atoms with E-state index in [0.29, 0.717) is 40.9 Å². The summed E-state index contributed by atoms with van der Waals surface area (Å²) in [5, 5.41) is 3.93. The summed E-state index contributed by atoms with van der Waals surface area (Å²) in [6.45, 7) is 7.12. The second-order valence-electron chi connectivity index (χ2n) is 7.04. The van der Waals surface area contributed by atoms with Crippen LogP contribution in [0, 0.1) is 0 Å². The molecular formula is C21H27N3O3S. The predicted octanol–water partition coefficient (Wildman–Crippen LogP) is 3.01. The summed E-state index contributed by atoms with van der Waals surface area (Å²) in [7, 11) is 1.36. The van der Waals surface area contributed by atoms with E-state index in [1.165, 1.54) is 7.11 Å². The van der Waals surface area contributed by atoms with Crippen LogP contribution in [0.1, 0.15) is 55.6 Å². The maximum absolute atomic E-state index is 13.4. The smallest absolute Gasteiger partial charge is 0.338 e. The number of carbonyl (C=O) groups excluding carboxylic acids is 2. The van der Waals surface area contributed by atoms with E-state index in [9.17, 15) is 9.59 Å². The second kappa shape index (κ2) is 8.31. The minimum atomic E-state index is -0.495. The van der Waals surface area contributed by atoms with Gasteiger partial charge in [-0.1, -0.05) is 18.2 Å². The molecule has 0 spiro atoms. The summed E-state index contributed by atoms with van der Waals surface area (Å²) in [4.78, 5) is 29.6. The fourth-order valence-electron chi connectivity index (χ4n) is 3.77. The first-order valence-electron chi connectivity index (χ1n) is 9.71. The van der Waals surface area contributed by atoms with E-state index < -0.39 is 12.0 Å². The number of nitrogens with zero attached hydrogens (tertiary/aromatic N) is 2. The first kappa shape index (κ1) is 20.3. The van der Waals surface area contributed by atoms with Crippen molar-refractivity contribution in [1.82, 2.24) is 15.1 Å². The number of methoxy groups -OCH3 is 1. The highest BCUT2D eigenvalue weighted by molar-refractivity contribution is 7.80. The van der Waals surface area contributed by atoms with Gasteiger partial charge >= 0.3 is 5.97 Å². The summed E-state index contributed by atoms with van der Waals surface area (Å²) >= 11 is 5.64. The molecule has 1 unspecified atom stereocenters. The predicted molar refractivity (Wildman–Crippen MR) is 112 cm³/mol. The van der Waals surface area contributed by atoms with E-state index in [-0.39, 0.29) is 5.91 Å². The van der Waals surface area contributed by atoms with Gasteiger partial charge in [-0.2, -0.15) is 0 Å². The zero-order valence-electron chi connectivity index (χ0n) is 16.8. The average Bonchev–Trinajstić information content (AvgIpc) is 3.52. The lowest BCUT2D eigenvalue weighted by Crippen LogP contribution is -2.50. The van der Waals surface area contributed by atoms with Crippen LogP contribution in [0.15, 0.2) is 35.5 Å². The molecule has 150 valence electrons. The van der Waals surface area contributed by atoms with E-state index in [4.69, 9.17) is 17.0 Å². The standard InChI is InChI=1S/C21H27N3O3S/c1-5-23(6-2)19(25)17-13(3)24(14-11-12-14)21(28)22-18(17)15-9-7-8-10-16(15)20(26)27-4/h7-10,14,18H,5-6,11-12H2,1-4H3,(H,22,28). The van der Waals surface area contributed by atoms with Crippen molar-refractivity contribution >= 4 is 29.2 Å². The highest BCUT2D eigenvalue weighted by atomic mass is 32.1. The molecular weight excluding hydrogens is 374 g/mol. The third-order valence-electron chi connectivity index (χ3n) is 5.40. The highest BCUT2D eigenvalue weighted by Gasteiger charge is 2.41. The summed E-state index contributed by atoms with van der Waals surface area (Å²) in [5.74, 6) is -0.465. The number of allylic oxidation sites excluding steroid dienone is 1. The number of rotatable bonds is 6. The molecule has 1 aromatic rings. The number of esters is 1. The van der Waals surface area contributed by atoms with Crippen molar-refractivity contribution in [1.29, 1.82) is 0 Å². The van der Waals surface area contributed by atoms with Gasteiger partial charge in [0.2, 0.25) is 0 Å². The van der Waals surface area contributed by atoms with Gasteiger partial charge in [-0.05, 0) is 57.5 Å². The largest absolute Gasteiger partial charge is 0.465 e. The van der Waals surface area contributed by atoms with E-state index in [0.717, 1.165) is 18.5 Å². The molecule has 7 heteroatoms. The SMILES string of the molecule is CCN(CC)C(=O)C1=C(C)N(C2CC2)C(=S)NC1c1ccccc1C(=O)OC. The molecule has 1 amide bonds. The minimum Gasteiger partial charge on any atom is -0.465 e. The molecule has 28 heavy (non-hydrogen) atoms. The first-order chi connectivity index (χ1) is 13.4. The van der Waals surface area contributed by atoms with Crippen molar-refractivity contribution in [2.45, 2.75) is 45.7 Å². The highest BCUT2D eigenvalue weighted by Crippen LogP contribution is 2.39. The molecule has 1 fully saturated rings. The zero-order chi connectivity index (χ0) is 20.4. The molecule has 6 nitrogen and oxygen atoms in total. The van der Waals surface area contributed by atoms with Gasteiger partial charge in [0, 0.05) is 24.8 Å². The molecule has 0 aromatic heterocycles. The number of likely N-dealkylation sites (N-methyl/N-ethyl adjacent to an activating group) is 1. The molecule has 0 radical (unpaired) electrons. The zero-order valence-corrected chi connectivity index (χ0v) is 17.6. The number of benzene rings is 1. The van der Waals surface area contributed by atoms with E-state index in [1.807, 2.05) is 32.9 Å². The Morgan fingerprint density at radius 3 is 2.46 bits per heavy atom. The van der Waals surface area contributed by atoms with Gasteiger partial charge in [-0.15, -0.1) is 0 Å². The molecule has 3 rings (SSSR count). The molecule has 1 aliphatic heterocycles. The molecule has 1 atom stereocenters. The summed E-state index contributed by atoms with van der Waals surface area (Å²) in [5.41, 5.74) is 2.64. The lowest BCUT2D eigenvalue weighted by Gasteiger charge is -2.39. The van der Waals surface area contributed by atoms with E-state index >= 15 is 0 Å². The molecule has 1 aliphatic carbocycles. The van der Waals surface area contributed by atoms with Crippen LogP contribution in [0.3, 0.4) is 0 Å². The Morgan fingerprint density at radius 2 is 1.89 bits per heavy atom. The minimum absolute atomic E-state index is 0.0344. The summed E-state index contributed by atoms with van der Waals surface area (Å²) < 4.78 is 4.95. The monoisotopic (exact) mass is 401 g/mol. The van der Waals surface area contributed by atoms with Gasteiger partial charge in [0.25, 0.3) is 5.91 Å². The van der Waals surface area contributed by atoms with Gasteiger partial charge in [-0.25, -0.2) is 4.79 Å². The quantitative estimate of drug-likeness (QED) is 0.584. The normalized spacial score (nSPS) is 19.4. The number of hydrogen-bond acceptors (Lipinski definition) is 4. The van der Waals surface area contributed by atoms with Crippen molar-refractivity contribution in [3.05, 3.63) is 46.7 Å². The number of thiocarbonyl (C=S) groups is 1. The Kier molecular flexibility index (Phi) is 6.03. The summed E-state index contributed by atoms with van der Waals surface area (Å²) in [6, 6.07) is 7.06. The van der Waals surface area contributed by atoms with Crippen LogP contribution in [-0.4, -0.2) is 53.0 Å². The van der Waals surface area contributed by atoms with Crippen LogP contribution in [0.5, 0.6) is 0 Å². The van der Waals surface area contributed by atoms with Crippen LogP contribution in [0.25, 0.3) is 0 Å². The van der Waals surface area contributed by atoms with Gasteiger partial charge in [0.05, 0.1) is 24.3 Å². The third-order valence-corrected chi connectivity index (χ3v) is 5.71. The molecule has 0 bridgehead atoms. The Bertz CT molecular complexity index is 828. The Labute approximate surface area is 171 Å². The molecule has 2 aliphatic rings. The number of hydrogen-bond donors (Lipinski definition) is 1. The molecule has 1 N–H and O–H groups in total. The van der Waals surface area contributed by atoms with Gasteiger partial charge in [0.1, 0.15) is 0 Å². The average molecular weight is 402 g/mol. The fraction of sp³-hybridized carbons (Fsp3) is 0.476. The van der Waals surface area contributed by atoms with Gasteiger partial charge < -0.3 is 19.9 Å². The lowest BCUT2D eigenvalue weighted by molar-refractivity contribution is -0.127. The maximum atomic E-state index is 13.4. The molecule has 1 heterocycles. The molecule has 1 aromatic carbocycles. The van der Waals surface area contributed by atoms with Crippen molar-refractivity contribution in [3.63, 3.8) is 0 Å². The van der Waals surface area contributed by atoms with Crippen LogP contribution < -0.4 is 5.32 Å². The second-order valence-corrected chi connectivity index (χ2v) is 7.43. The van der Waals surface area contributed by atoms with Crippen LogP contribution in [0.2, 0.25) is 0 Å². The van der Waals surface area contributed by atoms with Gasteiger partial charge in [0.15, 0.2) is 5.11 Å². The molecule has 0 saturated heterocycles. The first-order valence-corrected chi connectivity index (χ1v) is 10.1. The third kappa shape index (κ3) is 3.63. The van der Waals surface area contributed by atoms with E-state index in [1.54, 1.807) is 17.0 Å². The topological polar surface area (TPSA) is 61.9 Å². The van der Waals surface area contributed by atoms with E-state index in [2.05, 4.69) is 10.2 Å². The summed E-state index contributed by atoms with van der Waals surface area (Å²) in [6.07, 6.45) is 2.13. The number of carbonyl (C=O) groups is 2. The maximum Gasteiger partial charge on any atom is 0.338 e. The van der Waals surface area contributed by atoms with Crippen molar-refractivity contribution < 1.29 is 14.3 Å². The fourth-order valence-corrected chi connectivity index (χ4v) is 4.17. The number of nitrogens with one attached hydrogen (secondary N) is 1. The van der Waals surface area contributed by atoms with Crippen LogP contribution in [0.4, 0.5) is 0 Å². The Morgan fingerprint density at radius 1 is 1.25 bits per heavy atom. The lowest BCUT2D eigenvalue weighted by atomic mass is 9.90. The molecule has 1 saturated carbocycles. The van der Waals surface area contributed by atoms with Crippen molar-refractivity contribution in [2.24, 2.45) is 0 Å². The Hall–Kier alpha value is -2.41. The Balaban J connectivity index is 2.15. The van der Waals surface area contributed by atoms with Crippen molar-refractivity contribution in [3.8, 4) is 0 Å².